The van der Waals surface area contributed by atoms with E-state index in [-0.39, 0.29) is 5.91 Å². The van der Waals surface area contributed by atoms with Gasteiger partial charge in [-0.15, -0.1) is 0 Å². The van der Waals surface area contributed by atoms with E-state index in [0.29, 0.717) is 6.42 Å². The minimum Gasteiger partial charge on any atom is -0.496 e. The fraction of sp³-hybridized carbons (Fsp3) is 0.462. The molecule has 94 valence electrons. The Labute approximate surface area is 111 Å². The van der Waals surface area contributed by atoms with Crippen molar-refractivity contribution in [3.8, 4) is 5.75 Å². The smallest absolute Gasteiger partial charge is 0.224 e. The topological polar surface area (TPSA) is 38.3 Å². The number of methoxy groups -OCH3 is 1. The van der Waals surface area contributed by atoms with Gasteiger partial charge in [0.05, 0.1) is 11.6 Å². The van der Waals surface area contributed by atoms with Gasteiger partial charge in [0, 0.05) is 12.1 Å². The number of unbranched alkanes of at least 4 members (excludes halogenated alkanes) is 2. The van der Waals surface area contributed by atoms with Crippen LogP contribution in [0.1, 0.15) is 32.6 Å². The molecule has 3 nitrogen and oxygen atoms in total. The van der Waals surface area contributed by atoms with Gasteiger partial charge in [-0.2, -0.15) is 0 Å². The molecule has 4 heteroatoms. The van der Waals surface area contributed by atoms with E-state index in [4.69, 9.17) is 4.74 Å². The van der Waals surface area contributed by atoms with E-state index in [1.54, 1.807) is 7.11 Å². The third-order valence-electron chi connectivity index (χ3n) is 2.44. The monoisotopic (exact) mass is 299 g/mol. The van der Waals surface area contributed by atoms with E-state index in [1.165, 1.54) is 0 Å². The molecule has 0 saturated carbocycles. The van der Waals surface area contributed by atoms with Crippen molar-refractivity contribution in [3.63, 3.8) is 0 Å². The third-order valence-corrected chi connectivity index (χ3v) is 3.06. The van der Waals surface area contributed by atoms with Gasteiger partial charge in [0.25, 0.3) is 0 Å². The molecule has 0 radical (unpaired) electrons. The highest BCUT2D eigenvalue weighted by molar-refractivity contribution is 9.10. The van der Waals surface area contributed by atoms with E-state index < -0.39 is 0 Å². The second-order valence-electron chi connectivity index (χ2n) is 3.85. The molecule has 0 saturated heterocycles. The Morgan fingerprint density at radius 2 is 2.18 bits per heavy atom. The Balaban J connectivity index is 2.51. The van der Waals surface area contributed by atoms with Crippen LogP contribution in [0.15, 0.2) is 22.7 Å². The fourth-order valence-electron chi connectivity index (χ4n) is 1.50. The lowest BCUT2D eigenvalue weighted by molar-refractivity contribution is -0.116. The molecule has 0 aromatic heterocycles. The number of anilines is 1. The van der Waals surface area contributed by atoms with Crippen LogP contribution in [0.5, 0.6) is 5.75 Å². The molecule has 0 spiro atoms. The summed E-state index contributed by atoms with van der Waals surface area (Å²) < 4.78 is 5.96. The minimum absolute atomic E-state index is 0.0653. The summed E-state index contributed by atoms with van der Waals surface area (Å²) in [6, 6.07) is 5.50. The first-order chi connectivity index (χ1) is 8.17. The number of hydrogen-bond donors (Lipinski definition) is 1. The second-order valence-corrected chi connectivity index (χ2v) is 4.71. The number of carbonyl (C=O) groups excluding carboxylic acids is 1. The Kier molecular flexibility index (Phi) is 6.05. The number of benzene rings is 1. The lowest BCUT2D eigenvalue weighted by Gasteiger charge is -2.08. The summed E-state index contributed by atoms with van der Waals surface area (Å²) in [7, 11) is 1.61. The molecule has 0 aliphatic carbocycles. The number of amides is 1. The van der Waals surface area contributed by atoms with Crippen molar-refractivity contribution in [1.29, 1.82) is 0 Å². The molecule has 0 atom stereocenters. The molecule has 1 aromatic carbocycles. The molecular formula is C13H18BrNO2. The maximum absolute atomic E-state index is 11.6. The van der Waals surface area contributed by atoms with Crippen LogP contribution >= 0.6 is 15.9 Å². The lowest BCUT2D eigenvalue weighted by atomic mass is 10.2. The Bertz CT molecular complexity index is 380. The van der Waals surface area contributed by atoms with Crippen LogP contribution < -0.4 is 10.1 Å². The van der Waals surface area contributed by atoms with Gasteiger partial charge in [-0.25, -0.2) is 0 Å². The Morgan fingerprint density at radius 3 is 2.76 bits per heavy atom. The van der Waals surface area contributed by atoms with Crippen LogP contribution in [0.3, 0.4) is 0 Å². The van der Waals surface area contributed by atoms with Crippen molar-refractivity contribution >= 4 is 27.5 Å². The fourth-order valence-corrected chi connectivity index (χ4v) is 2.04. The van der Waals surface area contributed by atoms with Crippen LogP contribution in [0.25, 0.3) is 0 Å². The highest BCUT2D eigenvalue weighted by Gasteiger charge is 2.05. The van der Waals surface area contributed by atoms with Crippen LogP contribution in [-0.2, 0) is 4.79 Å². The summed E-state index contributed by atoms with van der Waals surface area (Å²) in [4.78, 5) is 11.6. The SMILES string of the molecule is CCCCCC(=O)Nc1ccc(OC)c(Br)c1. The maximum atomic E-state index is 11.6. The van der Waals surface area contributed by atoms with Crippen molar-refractivity contribution in [1.82, 2.24) is 0 Å². The average Bonchev–Trinajstić information content (AvgIpc) is 2.29. The third kappa shape index (κ3) is 4.77. The molecule has 0 fully saturated rings. The van der Waals surface area contributed by atoms with Crippen LogP contribution in [0, 0.1) is 0 Å². The summed E-state index contributed by atoms with van der Waals surface area (Å²) >= 11 is 3.38. The number of halogens is 1. The molecular weight excluding hydrogens is 282 g/mol. The molecule has 17 heavy (non-hydrogen) atoms. The predicted molar refractivity (Wildman–Crippen MR) is 73.5 cm³/mol. The van der Waals surface area contributed by atoms with Crippen molar-refractivity contribution in [2.75, 3.05) is 12.4 Å². The van der Waals surface area contributed by atoms with E-state index in [9.17, 15) is 4.79 Å². The van der Waals surface area contributed by atoms with Crippen molar-refractivity contribution in [2.45, 2.75) is 32.6 Å². The number of carbonyl (C=O) groups is 1. The van der Waals surface area contributed by atoms with E-state index in [0.717, 1.165) is 35.2 Å². The zero-order valence-corrected chi connectivity index (χ0v) is 11.8. The van der Waals surface area contributed by atoms with Crippen molar-refractivity contribution < 1.29 is 9.53 Å². The summed E-state index contributed by atoms with van der Waals surface area (Å²) in [5, 5.41) is 2.87. The molecule has 1 N–H and O–H groups in total. The van der Waals surface area contributed by atoms with Gasteiger partial charge in [0.2, 0.25) is 5.91 Å². The predicted octanol–water partition coefficient (Wildman–Crippen LogP) is 3.98. The van der Waals surface area contributed by atoms with Gasteiger partial charge in [0.15, 0.2) is 0 Å². The summed E-state index contributed by atoms with van der Waals surface area (Å²) in [5.74, 6) is 0.824. The normalized spacial score (nSPS) is 10.1. The summed E-state index contributed by atoms with van der Waals surface area (Å²) in [5.41, 5.74) is 0.791. The van der Waals surface area contributed by atoms with Crippen molar-refractivity contribution in [2.24, 2.45) is 0 Å². The first-order valence-electron chi connectivity index (χ1n) is 5.80. The molecule has 1 aromatic rings. The van der Waals surface area contributed by atoms with Crippen LogP contribution in [0.4, 0.5) is 5.69 Å². The highest BCUT2D eigenvalue weighted by atomic mass is 79.9. The Hall–Kier alpha value is -1.03. The number of ether oxygens (including phenoxy) is 1. The van der Waals surface area contributed by atoms with Gasteiger partial charge in [-0.05, 0) is 40.5 Å². The van der Waals surface area contributed by atoms with Crippen LogP contribution in [0.2, 0.25) is 0 Å². The molecule has 1 rings (SSSR count). The Morgan fingerprint density at radius 1 is 1.41 bits per heavy atom. The first kappa shape index (κ1) is 14.0. The largest absolute Gasteiger partial charge is 0.496 e. The zero-order chi connectivity index (χ0) is 12.7. The van der Waals surface area contributed by atoms with E-state index in [1.807, 2.05) is 18.2 Å². The van der Waals surface area contributed by atoms with Gasteiger partial charge in [0.1, 0.15) is 5.75 Å². The van der Waals surface area contributed by atoms with Gasteiger partial charge in [-0.3, -0.25) is 4.79 Å². The molecule has 0 bridgehead atoms. The maximum Gasteiger partial charge on any atom is 0.224 e. The molecule has 1 amide bonds. The molecule has 0 heterocycles. The molecule has 0 aliphatic rings. The quantitative estimate of drug-likeness (QED) is 0.807. The molecule has 0 unspecified atom stereocenters. The summed E-state index contributed by atoms with van der Waals surface area (Å²) in [6.45, 7) is 2.12. The second kappa shape index (κ2) is 7.33. The minimum atomic E-state index is 0.0653. The van der Waals surface area contributed by atoms with E-state index in [2.05, 4.69) is 28.2 Å². The first-order valence-corrected chi connectivity index (χ1v) is 6.60. The molecule has 0 aliphatic heterocycles. The van der Waals surface area contributed by atoms with Gasteiger partial charge < -0.3 is 10.1 Å². The van der Waals surface area contributed by atoms with Crippen molar-refractivity contribution in [3.05, 3.63) is 22.7 Å². The number of nitrogens with one attached hydrogen (secondary N) is 1. The number of rotatable bonds is 6. The number of hydrogen-bond acceptors (Lipinski definition) is 2. The zero-order valence-electron chi connectivity index (χ0n) is 10.3. The highest BCUT2D eigenvalue weighted by Crippen LogP contribution is 2.27. The van der Waals surface area contributed by atoms with Crippen LogP contribution in [-0.4, -0.2) is 13.0 Å². The standard InChI is InChI=1S/C13H18BrNO2/c1-3-4-5-6-13(16)15-10-7-8-12(17-2)11(14)9-10/h7-9H,3-6H2,1-2H3,(H,15,16). The van der Waals surface area contributed by atoms with Gasteiger partial charge in [-0.1, -0.05) is 19.8 Å². The average molecular weight is 300 g/mol. The van der Waals surface area contributed by atoms with Gasteiger partial charge >= 0.3 is 0 Å². The summed E-state index contributed by atoms with van der Waals surface area (Å²) in [6.07, 6.45) is 3.75. The van der Waals surface area contributed by atoms with E-state index >= 15 is 0 Å². The lowest BCUT2D eigenvalue weighted by Crippen LogP contribution is -2.10.